The third-order valence-electron chi connectivity index (χ3n) is 8.13. The molecule has 0 aromatic heterocycles. The van der Waals surface area contributed by atoms with Crippen molar-refractivity contribution < 1.29 is 10.2 Å². The molecule has 0 amide bonds. The number of hydrogen-bond donors (Lipinski definition) is 2. The molecule has 8 heteroatoms. The molecule has 220 valence electrons. The van der Waals surface area contributed by atoms with E-state index in [1.807, 2.05) is 12.4 Å². The Morgan fingerprint density at radius 1 is 0.550 bits per heavy atom. The Morgan fingerprint density at radius 3 is 1.15 bits per heavy atom. The van der Waals surface area contributed by atoms with Gasteiger partial charge >= 0.3 is 0 Å². The molecule has 0 bridgehead atoms. The molecule has 1 aliphatic rings. The zero-order valence-corrected chi connectivity index (χ0v) is 31.2. The van der Waals surface area contributed by atoms with Crippen molar-refractivity contribution in [2.45, 2.75) is 116 Å². The van der Waals surface area contributed by atoms with Gasteiger partial charge in [0.05, 0.1) is 44.4 Å². The first kappa shape index (κ1) is 32.8. The van der Waals surface area contributed by atoms with E-state index in [1.54, 1.807) is 0 Å². The molecule has 1 saturated carbocycles. The van der Waals surface area contributed by atoms with E-state index >= 15 is 0 Å². The maximum Gasteiger partial charge on any atom is 0.123 e. The van der Waals surface area contributed by atoms with Gasteiger partial charge in [-0.25, -0.2) is 0 Å². The van der Waals surface area contributed by atoms with Crippen LogP contribution >= 0.6 is 0 Å². The van der Waals surface area contributed by atoms with Crippen molar-refractivity contribution in [3.63, 3.8) is 0 Å². The monoisotopic (exact) mass is 610 g/mol. The van der Waals surface area contributed by atoms with Crippen LogP contribution in [0.4, 0.5) is 0 Å². The summed E-state index contributed by atoms with van der Waals surface area (Å²) in [6, 6.07) is 9.05. The van der Waals surface area contributed by atoms with E-state index < -0.39 is 32.3 Å². The van der Waals surface area contributed by atoms with Crippen LogP contribution in [0, 0.1) is 0 Å². The van der Waals surface area contributed by atoms with E-state index in [0.717, 1.165) is 47.2 Å². The topological polar surface area (TPSA) is 65.2 Å². The largest absolute Gasteiger partial charge is 0.507 e. The van der Waals surface area contributed by atoms with Crippen LogP contribution in [0.3, 0.4) is 0 Å². The van der Waals surface area contributed by atoms with Crippen LogP contribution in [0.2, 0.25) is 78.6 Å². The molecule has 2 N–H and O–H groups in total. The van der Waals surface area contributed by atoms with Gasteiger partial charge < -0.3 is 10.2 Å². The van der Waals surface area contributed by atoms with Crippen molar-refractivity contribution in [3.05, 3.63) is 35.4 Å². The fraction of sp³-hybridized carbons (Fsp3) is 0.562. The van der Waals surface area contributed by atoms with Gasteiger partial charge in [0, 0.05) is 23.6 Å². The van der Waals surface area contributed by atoms with E-state index in [9.17, 15) is 10.2 Å². The van der Waals surface area contributed by atoms with Crippen molar-refractivity contribution in [2.75, 3.05) is 0 Å². The Bertz CT molecular complexity index is 1180. The maximum atomic E-state index is 11.3. The summed E-state index contributed by atoms with van der Waals surface area (Å²) in [5.74, 6) is 0.820. The summed E-state index contributed by atoms with van der Waals surface area (Å²) in [6.45, 7) is 27.9. The van der Waals surface area contributed by atoms with Gasteiger partial charge in [0.15, 0.2) is 0 Å². The number of hydrogen-bond acceptors (Lipinski definition) is 4. The van der Waals surface area contributed by atoms with Gasteiger partial charge in [0.25, 0.3) is 0 Å². The number of phenols is 2. The second-order valence-electron chi connectivity index (χ2n) is 15.9. The van der Waals surface area contributed by atoms with Gasteiger partial charge in [-0.05, 0) is 23.2 Å². The smallest absolute Gasteiger partial charge is 0.123 e. The molecule has 40 heavy (non-hydrogen) atoms. The molecule has 2 unspecified atom stereocenters. The van der Waals surface area contributed by atoms with E-state index in [-0.39, 0.29) is 12.1 Å². The van der Waals surface area contributed by atoms with Gasteiger partial charge in [-0.1, -0.05) is 126 Å². The van der Waals surface area contributed by atoms with Crippen LogP contribution in [-0.2, 0) is 0 Å². The summed E-state index contributed by atoms with van der Waals surface area (Å²) in [6.07, 6.45) is 8.13. The molecule has 0 radical (unpaired) electrons. The van der Waals surface area contributed by atoms with Gasteiger partial charge in [-0.2, -0.15) is 0 Å². The van der Waals surface area contributed by atoms with Crippen molar-refractivity contribution >= 4 is 65.5 Å². The zero-order valence-electron chi connectivity index (χ0n) is 27.2. The van der Waals surface area contributed by atoms with Gasteiger partial charge in [-0.3, -0.25) is 9.98 Å². The zero-order chi connectivity index (χ0) is 30.3. The highest BCUT2D eigenvalue weighted by Gasteiger charge is 2.29. The molecule has 2 aromatic carbocycles. The van der Waals surface area contributed by atoms with Crippen molar-refractivity contribution in [1.29, 1.82) is 0 Å². The molecule has 3 rings (SSSR count). The number of rotatable bonds is 8. The minimum Gasteiger partial charge on any atom is -0.507 e. The van der Waals surface area contributed by atoms with Crippen molar-refractivity contribution in [2.24, 2.45) is 9.98 Å². The third kappa shape index (κ3) is 7.95. The molecule has 0 heterocycles. The molecule has 0 saturated heterocycles. The first-order chi connectivity index (χ1) is 18.2. The summed E-state index contributed by atoms with van der Waals surface area (Å²) in [7, 11) is -6.58. The molecular weight excluding hydrogens is 557 g/mol. The second kappa shape index (κ2) is 11.9. The molecule has 0 aliphatic heterocycles. The van der Waals surface area contributed by atoms with Crippen LogP contribution in [-0.4, -0.2) is 67.0 Å². The SMILES string of the molecule is C[Si](C)(C)c1cc(C=NC2CCCCC2N=Cc2cc([Si](C)(C)C)cc([Si](C)(C)C)c2O)c(O)c([Si](C)(C)C)c1. The van der Waals surface area contributed by atoms with Crippen molar-refractivity contribution in [3.8, 4) is 11.5 Å². The summed E-state index contributed by atoms with van der Waals surface area (Å²) < 4.78 is 0. The Morgan fingerprint density at radius 2 is 0.875 bits per heavy atom. The first-order valence-corrected chi connectivity index (χ1v) is 29.0. The Labute approximate surface area is 248 Å². The Hall–Kier alpha value is -1.75. The lowest BCUT2D eigenvalue weighted by molar-refractivity contribution is 0.390. The lowest BCUT2D eigenvalue weighted by atomic mass is 9.91. The number of aromatic hydroxyl groups is 2. The highest BCUT2D eigenvalue weighted by atomic mass is 28.3. The van der Waals surface area contributed by atoms with E-state index in [4.69, 9.17) is 9.98 Å². The van der Waals surface area contributed by atoms with E-state index in [1.165, 1.54) is 10.4 Å². The predicted octanol–water partition coefficient (Wildman–Crippen LogP) is 6.13. The van der Waals surface area contributed by atoms with Crippen LogP contribution in [0.25, 0.3) is 0 Å². The highest BCUT2D eigenvalue weighted by molar-refractivity contribution is 6.92. The summed E-state index contributed by atoms with van der Waals surface area (Å²) in [5, 5.41) is 27.6. The molecule has 2 aromatic rings. The number of benzene rings is 2. The molecule has 4 nitrogen and oxygen atoms in total. The average Bonchev–Trinajstić information content (AvgIpc) is 2.80. The Kier molecular flexibility index (Phi) is 9.71. The number of aliphatic imine (C=N–C) groups is 2. The molecule has 2 atom stereocenters. The minimum atomic E-state index is -1.72. The summed E-state index contributed by atoms with van der Waals surface area (Å²) in [5.41, 5.74) is 1.71. The van der Waals surface area contributed by atoms with Gasteiger partial charge in [0.2, 0.25) is 0 Å². The standard InChI is InChI=1S/C32H54N2O2Si4/c1-37(2,3)25-17-23(31(35)29(19-25)39(7,8)9)21-33-27-15-13-14-16-28(27)34-22-24-18-26(38(4,5)6)20-30(32(24)36)40(10,11)12/h17-22,27-28,35-36H,13-16H2,1-12H3. The summed E-state index contributed by atoms with van der Waals surface area (Å²) >= 11 is 0. The van der Waals surface area contributed by atoms with Gasteiger partial charge in [-0.15, -0.1) is 0 Å². The normalized spacial score (nSPS) is 19.6. The summed E-state index contributed by atoms with van der Waals surface area (Å²) in [4.78, 5) is 10.1. The maximum absolute atomic E-state index is 11.3. The highest BCUT2D eigenvalue weighted by Crippen LogP contribution is 2.26. The van der Waals surface area contributed by atoms with Crippen LogP contribution < -0.4 is 20.7 Å². The van der Waals surface area contributed by atoms with Crippen LogP contribution in [0.1, 0.15) is 36.8 Å². The molecule has 1 aliphatic carbocycles. The molecule has 1 fully saturated rings. The first-order valence-electron chi connectivity index (χ1n) is 15.0. The number of nitrogens with zero attached hydrogens (tertiary/aromatic N) is 2. The quantitative estimate of drug-likeness (QED) is 0.279. The van der Waals surface area contributed by atoms with E-state index in [2.05, 4.69) is 103 Å². The van der Waals surface area contributed by atoms with E-state index in [0.29, 0.717) is 11.5 Å². The lowest BCUT2D eigenvalue weighted by Crippen LogP contribution is -2.45. The lowest BCUT2D eigenvalue weighted by Gasteiger charge is -2.27. The fourth-order valence-corrected chi connectivity index (χ4v) is 10.8. The third-order valence-corrected chi connectivity index (χ3v) is 16.2. The van der Waals surface area contributed by atoms with Crippen molar-refractivity contribution in [1.82, 2.24) is 0 Å². The van der Waals surface area contributed by atoms with Gasteiger partial charge in [0.1, 0.15) is 11.5 Å². The molecule has 0 spiro atoms. The average molecular weight is 611 g/mol. The fourth-order valence-electron chi connectivity index (χ4n) is 5.31. The van der Waals surface area contributed by atoms with Crippen LogP contribution in [0.5, 0.6) is 11.5 Å². The predicted molar refractivity (Wildman–Crippen MR) is 189 cm³/mol. The second-order valence-corrected chi connectivity index (χ2v) is 36.1. The van der Waals surface area contributed by atoms with Crippen LogP contribution in [0.15, 0.2) is 34.3 Å². The minimum absolute atomic E-state index is 0.0778. The number of phenolic OH excluding ortho intramolecular Hbond substituents is 2. The molecular formula is C32H54N2O2Si4. The Balaban J connectivity index is 2.00.